The first-order valence-corrected chi connectivity index (χ1v) is 10.3. The summed E-state index contributed by atoms with van der Waals surface area (Å²) in [5.74, 6) is -1.49. The zero-order valence-electron chi connectivity index (χ0n) is 18.6. The summed E-state index contributed by atoms with van der Waals surface area (Å²) < 4.78 is 11.9. The first-order chi connectivity index (χ1) is 14.9. The van der Waals surface area contributed by atoms with Gasteiger partial charge in [-0.1, -0.05) is 25.5 Å². The lowest BCUT2D eigenvalue weighted by molar-refractivity contribution is 0.185. The molecule has 0 fully saturated rings. The van der Waals surface area contributed by atoms with Gasteiger partial charge in [-0.3, -0.25) is 4.79 Å². The van der Waals surface area contributed by atoms with Crippen LogP contribution in [0.2, 0.25) is 0 Å². The van der Waals surface area contributed by atoms with Gasteiger partial charge < -0.3 is 29.6 Å². The van der Waals surface area contributed by atoms with E-state index in [0.29, 0.717) is 23.3 Å². The number of phenols is 3. The summed E-state index contributed by atoms with van der Waals surface area (Å²) in [5, 5.41) is 41.5. The Morgan fingerprint density at radius 3 is 2.41 bits per heavy atom. The molecule has 168 valence electrons. The van der Waals surface area contributed by atoms with E-state index < -0.39 is 22.3 Å². The number of allylic oxidation sites excluding steroid dienone is 2. The highest BCUT2D eigenvalue weighted by molar-refractivity contribution is 5.92. The lowest BCUT2D eigenvalue weighted by atomic mass is 9.81. The van der Waals surface area contributed by atoms with Gasteiger partial charge in [0.15, 0.2) is 17.3 Å². The van der Waals surface area contributed by atoms with Crippen molar-refractivity contribution in [3.05, 3.63) is 51.2 Å². The van der Waals surface area contributed by atoms with E-state index in [9.17, 15) is 25.2 Å². The highest BCUT2D eigenvalue weighted by atomic mass is 16.5. The molecule has 2 aromatic carbocycles. The quantitative estimate of drug-likeness (QED) is 0.341. The zero-order valence-corrected chi connectivity index (χ0v) is 18.6. The SMILES string of the molecule is CC(C)=CCc1cc(-c2oc3c4c(cc(O)c3c(=O)c2O)OC(C)C4(C)C)cc(O)c1O. The predicted octanol–water partition coefficient (Wildman–Crippen LogP) is 4.85. The van der Waals surface area contributed by atoms with Gasteiger partial charge in [0.2, 0.25) is 11.2 Å². The van der Waals surface area contributed by atoms with Gasteiger partial charge in [0.25, 0.3) is 0 Å². The van der Waals surface area contributed by atoms with E-state index in [2.05, 4.69) is 0 Å². The largest absolute Gasteiger partial charge is 0.507 e. The molecule has 0 saturated carbocycles. The molecule has 1 aromatic heterocycles. The molecule has 4 rings (SSSR count). The van der Waals surface area contributed by atoms with Crippen LogP contribution in [0.1, 0.15) is 45.7 Å². The molecule has 1 unspecified atom stereocenters. The van der Waals surface area contributed by atoms with Crippen molar-refractivity contribution in [2.24, 2.45) is 0 Å². The number of phenolic OH excluding ortho intramolecular Hbond substituents is 3. The number of hydrogen-bond acceptors (Lipinski definition) is 7. The molecule has 32 heavy (non-hydrogen) atoms. The Kier molecular flexibility index (Phi) is 4.88. The molecular formula is C25H26O7. The third kappa shape index (κ3) is 3.16. The van der Waals surface area contributed by atoms with E-state index in [1.165, 1.54) is 12.1 Å². The molecule has 0 aliphatic carbocycles. The summed E-state index contributed by atoms with van der Waals surface area (Å²) in [6.45, 7) is 9.59. The smallest absolute Gasteiger partial charge is 0.238 e. The summed E-state index contributed by atoms with van der Waals surface area (Å²) in [7, 11) is 0. The fraction of sp³-hybridized carbons (Fsp3) is 0.320. The van der Waals surface area contributed by atoms with Crippen LogP contribution in [0.4, 0.5) is 0 Å². The minimum absolute atomic E-state index is 0.116. The Morgan fingerprint density at radius 1 is 1.06 bits per heavy atom. The molecule has 0 amide bonds. The first-order valence-electron chi connectivity index (χ1n) is 10.3. The predicted molar refractivity (Wildman–Crippen MR) is 121 cm³/mol. The van der Waals surface area contributed by atoms with Crippen LogP contribution in [0.25, 0.3) is 22.3 Å². The van der Waals surface area contributed by atoms with Crippen molar-refractivity contribution in [3.63, 3.8) is 0 Å². The maximum atomic E-state index is 13.1. The minimum Gasteiger partial charge on any atom is -0.507 e. The van der Waals surface area contributed by atoms with Crippen LogP contribution < -0.4 is 10.2 Å². The molecule has 2 heterocycles. The molecule has 0 radical (unpaired) electrons. The molecule has 4 N–H and O–H groups in total. The lowest BCUT2D eigenvalue weighted by Crippen LogP contribution is -2.29. The molecule has 7 nitrogen and oxygen atoms in total. The zero-order chi connectivity index (χ0) is 23.5. The van der Waals surface area contributed by atoms with Crippen molar-refractivity contribution in [2.75, 3.05) is 0 Å². The van der Waals surface area contributed by atoms with E-state index >= 15 is 0 Å². The average Bonchev–Trinajstić information content (AvgIpc) is 2.93. The summed E-state index contributed by atoms with van der Waals surface area (Å²) in [6, 6.07) is 4.13. The van der Waals surface area contributed by atoms with E-state index in [1.54, 1.807) is 6.07 Å². The van der Waals surface area contributed by atoms with Crippen LogP contribution in [0.3, 0.4) is 0 Å². The van der Waals surface area contributed by atoms with Crippen LogP contribution in [-0.4, -0.2) is 26.5 Å². The molecule has 0 bridgehead atoms. The second-order valence-electron chi connectivity index (χ2n) is 9.05. The Balaban J connectivity index is 2.04. The van der Waals surface area contributed by atoms with Crippen molar-refractivity contribution in [2.45, 2.75) is 52.6 Å². The van der Waals surface area contributed by atoms with E-state index in [-0.39, 0.29) is 39.9 Å². The number of rotatable bonds is 3. The van der Waals surface area contributed by atoms with Crippen molar-refractivity contribution in [3.8, 4) is 40.1 Å². The molecule has 0 saturated heterocycles. The van der Waals surface area contributed by atoms with Gasteiger partial charge in [-0.25, -0.2) is 0 Å². The van der Waals surface area contributed by atoms with Gasteiger partial charge >= 0.3 is 0 Å². The van der Waals surface area contributed by atoms with Gasteiger partial charge in [-0.2, -0.15) is 0 Å². The Labute approximate surface area is 184 Å². The number of fused-ring (bicyclic) bond motifs is 3. The second kappa shape index (κ2) is 7.22. The Hall–Kier alpha value is -3.61. The maximum absolute atomic E-state index is 13.1. The highest BCUT2D eigenvalue weighted by Gasteiger charge is 2.42. The Bertz CT molecular complexity index is 1340. The maximum Gasteiger partial charge on any atom is 0.238 e. The normalized spacial score (nSPS) is 16.6. The average molecular weight is 438 g/mol. The lowest BCUT2D eigenvalue weighted by Gasteiger charge is -2.22. The van der Waals surface area contributed by atoms with Crippen LogP contribution >= 0.6 is 0 Å². The third-order valence-corrected chi connectivity index (χ3v) is 6.21. The van der Waals surface area contributed by atoms with Gasteiger partial charge in [0.05, 0.1) is 0 Å². The van der Waals surface area contributed by atoms with Crippen LogP contribution in [0.15, 0.2) is 39.1 Å². The van der Waals surface area contributed by atoms with Gasteiger partial charge in [0, 0.05) is 28.2 Å². The van der Waals surface area contributed by atoms with E-state index in [4.69, 9.17) is 9.15 Å². The topological polar surface area (TPSA) is 120 Å². The van der Waals surface area contributed by atoms with Crippen LogP contribution in [-0.2, 0) is 11.8 Å². The summed E-state index contributed by atoms with van der Waals surface area (Å²) in [5.41, 5.74) is 1.05. The third-order valence-electron chi connectivity index (χ3n) is 6.21. The molecule has 1 aliphatic heterocycles. The first kappa shape index (κ1) is 21.6. The second-order valence-corrected chi connectivity index (χ2v) is 9.05. The van der Waals surface area contributed by atoms with E-state index in [0.717, 1.165) is 5.57 Å². The molecular weight excluding hydrogens is 412 g/mol. The summed E-state index contributed by atoms with van der Waals surface area (Å²) in [4.78, 5) is 13.1. The van der Waals surface area contributed by atoms with Crippen molar-refractivity contribution < 1.29 is 29.6 Å². The molecule has 7 heteroatoms. The van der Waals surface area contributed by atoms with Gasteiger partial charge in [-0.15, -0.1) is 0 Å². The molecule has 0 spiro atoms. The Morgan fingerprint density at radius 2 is 1.75 bits per heavy atom. The van der Waals surface area contributed by atoms with Crippen LogP contribution in [0, 0.1) is 0 Å². The molecule has 1 atom stereocenters. The van der Waals surface area contributed by atoms with Gasteiger partial charge in [-0.05, 0) is 39.3 Å². The number of aromatic hydroxyl groups is 4. The number of hydrogen-bond donors (Lipinski definition) is 4. The van der Waals surface area contributed by atoms with Crippen molar-refractivity contribution in [1.29, 1.82) is 0 Å². The minimum atomic E-state index is -0.796. The van der Waals surface area contributed by atoms with Crippen molar-refractivity contribution in [1.82, 2.24) is 0 Å². The molecule has 3 aromatic rings. The van der Waals surface area contributed by atoms with Crippen molar-refractivity contribution >= 4 is 11.0 Å². The summed E-state index contributed by atoms with van der Waals surface area (Å²) >= 11 is 0. The highest BCUT2D eigenvalue weighted by Crippen LogP contribution is 2.50. The number of benzene rings is 2. The summed E-state index contributed by atoms with van der Waals surface area (Å²) in [6.07, 6.45) is 1.97. The standard InChI is InChI=1S/C25H26O7/c1-11(2)6-7-13-8-14(9-16(27)20(13)28)23-22(30)21(29)18-15(26)10-17-19(24(18)32-23)25(4,5)12(3)31-17/h6,8-10,12,26-28,30H,7H2,1-5H3. The molecule has 1 aliphatic rings. The van der Waals surface area contributed by atoms with Gasteiger partial charge in [0.1, 0.15) is 28.6 Å². The number of ether oxygens (including phenoxy) is 1. The monoisotopic (exact) mass is 438 g/mol. The van der Waals surface area contributed by atoms with E-state index in [1.807, 2.05) is 40.7 Å². The van der Waals surface area contributed by atoms with Crippen LogP contribution in [0.5, 0.6) is 28.7 Å². The fourth-order valence-corrected chi connectivity index (χ4v) is 4.03. The fourth-order valence-electron chi connectivity index (χ4n) is 4.03.